The number of ether oxygens (including phenoxy) is 3. The average molecular weight is 503 g/mol. The van der Waals surface area contributed by atoms with Crippen LogP contribution in [-0.2, 0) is 16.1 Å². The Morgan fingerprint density at radius 3 is 2.49 bits per heavy atom. The summed E-state index contributed by atoms with van der Waals surface area (Å²) in [6, 6.07) is 5.98. The lowest BCUT2D eigenvalue weighted by Gasteiger charge is -2.34. The van der Waals surface area contributed by atoms with E-state index in [1.807, 2.05) is 18.2 Å². The predicted molar refractivity (Wildman–Crippen MR) is 131 cm³/mol. The summed E-state index contributed by atoms with van der Waals surface area (Å²) in [5, 5.41) is 3.08. The van der Waals surface area contributed by atoms with E-state index in [1.54, 1.807) is 20.8 Å². The highest BCUT2D eigenvalue weighted by Crippen LogP contribution is 2.34. The number of primary amides is 1. The van der Waals surface area contributed by atoms with Gasteiger partial charge in [-0.3, -0.25) is 19.4 Å². The van der Waals surface area contributed by atoms with E-state index in [0.717, 1.165) is 61.1 Å². The largest absolute Gasteiger partial charge is 0.459 e. The zero-order chi connectivity index (χ0) is 25.1. The van der Waals surface area contributed by atoms with Crippen molar-refractivity contribution in [3.63, 3.8) is 0 Å². The second kappa shape index (κ2) is 10.6. The van der Waals surface area contributed by atoms with Crippen LogP contribution in [-0.4, -0.2) is 73.2 Å². The minimum absolute atomic E-state index is 0.180. The number of amides is 2. The van der Waals surface area contributed by atoms with Crippen molar-refractivity contribution in [1.82, 2.24) is 9.80 Å². The third kappa shape index (κ3) is 5.92. The van der Waals surface area contributed by atoms with E-state index in [1.165, 1.54) is 0 Å². The number of thiophene rings is 1. The minimum atomic E-state index is -0.648. The number of nitrogens with two attached hydrogens (primary N) is 1. The lowest BCUT2D eigenvalue weighted by atomic mass is 10.1. The summed E-state index contributed by atoms with van der Waals surface area (Å²) >= 11 is 0.997. The lowest BCUT2D eigenvalue weighted by molar-refractivity contribution is -0.117. The lowest BCUT2D eigenvalue weighted by Crippen LogP contribution is -2.48. The molecule has 0 saturated carbocycles. The Hall–Kier alpha value is -3.15. The predicted octanol–water partition coefficient (Wildman–Crippen LogP) is 2.21. The Balaban J connectivity index is 1.32. The van der Waals surface area contributed by atoms with Crippen molar-refractivity contribution >= 4 is 34.1 Å². The molecule has 1 aromatic heterocycles. The van der Waals surface area contributed by atoms with Crippen LogP contribution in [0.1, 0.15) is 45.0 Å². The summed E-state index contributed by atoms with van der Waals surface area (Å²) in [5.74, 6) is 0.0517. The zero-order valence-electron chi connectivity index (χ0n) is 20.1. The second-order valence-electron chi connectivity index (χ2n) is 8.87. The van der Waals surface area contributed by atoms with Crippen molar-refractivity contribution in [3.05, 3.63) is 39.8 Å². The van der Waals surface area contributed by atoms with E-state index in [4.69, 9.17) is 19.9 Å². The number of piperazine rings is 1. The molecule has 0 spiro atoms. The number of hydrogen-bond donors (Lipinski definition) is 2. The molecule has 3 heterocycles. The first-order chi connectivity index (χ1) is 16.7. The first-order valence-electron chi connectivity index (χ1n) is 11.5. The van der Waals surface area contributed by atoms with Gasteiger partial charge in [0.1, 0.15) is 5.00 Å². The van der Waals surface area contributed by atoms with E-state index in [9.17, 15) is 14.4 Å². The topological polar surface area (TPSA) is 123 Å². The van der Waals surface area contributed by atoms with Gasteiger partial charge in [-0.15, -0.1) is 11.3 Å². The molecular weight excluding hydrogens is 472 g/mol. The molecule has 1 fully saturated rings. The fourth-order valence-corrected chi connectivity index (χ4v) is 5.19. The van der Waals surface area contributed by atoms with Gasteiger partial charge in [0, 0.05) is 32.7 Å². The Morgan fingerprint density at radius 1 is 1.11 bits per heavy atom. The van der Waals surface area contributed by atoms with Gasteiger partial charge in [-0.2, -0.15) is 0 Å². The second-order valence-corrected chi connectivity index (χ2v) is 9.89. The fraction of sp³-hybridized carbons (Fsp3) is 0.458. The number of benzene rings is 1. The van der Waals surface area contributed by atoms with Gasteiger partial charge in [0.2, 0.25) is 12.7 Å². The summed E-state index contributed by atoms with van der Waals surface area (Å²) in [7, 11) is 0. The van der Waals surface area contributed by atoms with Crippen LogP contribution in [0.2, 0.25) is 0 Å². The van der Waals surface area contributed by atoms with E-state index < -0.39 is 11.9 Å². The first-order valence-corrected chi connectivity index (χ1v) is 12.3. The third-order valence-corrected chi connectivity index (χ3v) is 7.07. The SMILES string of the molecule is Cc1c(C(N)=O)sc(NC(=O)CN2CCN(Cc3ccc4c(c3)OCO4)CC2)c1C(=O)OC(C)C. The first kappa shape index (κ1) is 25.0. The van der Waals surface area contributed by atoms with Crippen molar-refractivity contribution in [1.29, 1.82) is 0 Å². The van der Waals surface area contributed by atoms with Crippen molar-refractivity contribution < 1.29 is 28.6 Å². The molecule has 1 aromatic carbocycles. The average Bonchev–Trinajstić information content (AvgIpc) is 3.38. The van der Waals surface area contributed by atoms with Crippen LogP contribution in [0, 0.1) is 6.92 Å². The molecule has 0 unspecified atom stereocenters. The molecule has 2 aromatic rings. The summed E-state index contributed by atoms with van der Waals surface area (Å²) in [6.45, 7) is 9.43. The minimum Gasteiger partial charge on any atom is -0.459 e. The number of esters is 1. The number of carbonyl (C=O) groups is 3. The molecule has 0 atom stereocenters. The molecule has 4 rings (SSSR count). The molecule has 1 saturated heterocycles. The molecule has 0 bridgehead atoms. The molecule has 10 nitrogen and oxygen atoms in total. The maximum atomic E-state index is 12.8. The van der Waals surface area contributed by atoms with E-state index >= 15 is 0 Å². The number of hydrogen-bond acceptors (Lipinski definition) is 9. The zero-order valence-corrected chi connectivity index (χ0v) is 20.9. The maximum absolute atomic E-state index is 12.8. The number of nitrogens with one attached hydrogen (secondary N) is 1. The molecule has 2 amide bonds. The normalized spacial score (nSPS) is 15.9. The molecule has 0 radical (unpaired) electrons. The quantitative estimate of drug-likeness (QED) is 0.527. The number of carbonyl (C=O) groups excluding carboxylic acids is 3. The highest BCUT2D eigenvalue weighted by atomic mass is 32.1. The summed E-state index contributed by atoms with van der Waals surface area (Å²) in [4.78, 5) is 41.8. The highest BCUT2D eigenvalue weighted by Gasteiger charge is 2.27. The maximum Gasteiger partial charge on any atom is 0.341 e. The Morgan fingerprint density at radius 2 is 1.80 bits per heavy atom. The van der Waals surface area contributed by atoms with Gasteiger partial charge in [0.05, 0.1) is 23.1 Å². The Labute approximate surface area is 207 Å². The Kier molecular flexibility index (Phi) is 7.58. The van der Waals surface area contributed by atoms with Gasteiger partial charge in [-0.25, -0.2) is 4.79 Å². The number of fused-ring (bicyclic) bond motifs is 1. The standard InChI is InChI=1S/C24H30N4O6S/c1-14(2)34-24(31)20-15(3)21(22(25)30)35-23(20)26-19(29)12-28-8-6-27(7-9-28)11-16-4-5-17-18(10-16)33-13-32-17/h4-5,10,14H,6-9,11-13H2,1-3H3,(H2,25,30)(H,26,29). The molecule has 35 heavy (non-hydrogen) atoms. The van der Waals surface area contributed by atoms with Crippen LogP contribution in [0.3, 0.4) is 0 Å². The Bertz CT molecular complexity index is 1120. The monoisotopic (exact) mass is 502 g/mol. The molecule has 188 valence electrons. The van der Waals surface area contributed by atoms with Gasteiger partial charge < -0.3 is 25.3 Å². The van der Waals surface area contributed by atoms with Crippen LogP contribution >= 0.6 is 11.3 Å². The summed E-state index contributed by atoms with van der Waals surface area (Å²) < 4.78 is 16.1. The number of nitrogens with zero attached hydrogens (tertiary/aromatic N) is 2. The van der Waals surface area contributed by atoms with E-state index in [-0.39, 0.29) is 40.8 Å². The molecule has 3 N–H and O–H groups in total. The van der Waals surface area contributed by atoms with Crippen LogP contribution in [0.15, 0.2) is 18.2 Å². The molecule has 0 aliphatic carbocycles. The molecule has 11 heteroatoms. The van der Waals surface area contributed by atoms with Crippen molar-refractivity contribution in [2.75, 3.05) is 44.8 Å². The summed E-state index contributed by atoms with van der Waals surface area (Å²) in [6.07, 6.45) is -0.337. The van der Waals surface area contributed by atoms with Gasteiger partial charge >= 0.3 is 5.97 Å². The number of anilines is 1. The molecular formula is C24H30N4O6S. The molecule has 2 aliphatic heterocycles. The van der Waals surface area contributed by atoms with Gasteiger partial charge in [0.25, 0.3) is 5.91 Å². The van der Waals surface area contributed by atoms with Crippen molar-refractivity contribution in [2.24, 2.45) is 5.73 Å². The highest BCUT2D eigenvalue weighted by molar-refractivity contribution is 7.18. The van der Waals surface area contributed by atoms with Crippen LogP contribution in [0.5, 0.6) is 11.5 Å². The van der Waals surface area contributed by atoms with Crippen molar-refractivity contribution in [3.8, 4) is 11.5 Å². The van der Waals surface area contributed by atoms with Crippen LogP contribution in [0.25, 0.3) is 0 Å². The van der Waals surface area contributed by atoms with Gasteiger partial charge in [0.15, 0.2) is 11.5 Å². The van der Waals surface area contributed by atoms with Crippen LogP contribution < -0.4 is 20.5 Å². The smallest absolute Gasteiger partial charge is 0.341 e. The fourth-order valence-electron chi connectivity index (χ4n) is 4.13. The van der Waals surface area contributed by atoms with Gasteiger partial charge in [-0.1, -0.05) is 6.07 Å². The van der Waals surface area contributed by atoms with Crippen molar-refractivity contribution in [2.45, 2.75) is 33.4 Å². The van der Waals surface area contributed by atoms with E-state index in [0.29, 0.717) is 5.56 Å². The van der Waals surface area contributed by atoms with E-state index in [2.05, 4.69) is 15.1 Å². The van der Waals surface area contributed by atoms with Gasteiger partial charge in [-0.05, 0) is 44.0 Å². The third-order valence-electron chi connectivity index (χ3n) is 5.85. The summed E-state index contributed by atoms with van der Waals surface area (Å²) in [5.41, 5.74) is 7.20. The molecule has 2 aliphatic rings. The van der Waals surface area contributed by atoms with Crippen LogP contribution in [0.4, 0.5) is 5.00 Å². The number of rotatable bonds is 8.